The van der Waals surface area contributed by atoms with Crippen LogP contribution in [0.2, 0.25) is 5.02 Å². The largest absolute Gasteiger partial charge is 0.387 e. The van der Waals surface area contributed by atoms with Gasteiger partial charge in [0.2, 0.25) is 15.9 Å². The number of hydrogen-bond donors (Lipinski definition) is 3. The fourth-order valence-corrected chi connectivity index (χ4v) is 5.01. The molecule has 2 aromatic rings. The van der Waals surface area contributed by atoms with Crippen molar-refractivity contribution in [2.75, 3.05) is 31.2 Å². The Morgan fingerprint density at radius 3 is 2.68 bits per heavy atom. The van der Waals surface area contributed by atoms with Gasteiger partial charge in [-0.25, -0.2) is 8.42 Å². The van der Waals surface area contributed by atoms with Crippen molar-refractivity contribution in [3.8, 4) is 0 Å². The Balaban J connectivity index is 1.44. The van der Waals surface area contributed by atoms with E-state index >= 15 is 0 Å². The summed E-state index contributed by atoms with van der Waals surface area (Å²) in [6.07, 6.45) is 2.49. The molecule has 1 fully saturated rings. The van der Waals surface area contributed by atoms with Crippen molar-refractivity contribution in [3.05, 3.63) is 64.7 Å². The van der Waals surface area contributed by atoms with Crippen LogP contribution in [0.5, 0.6) is 0 Å². The van der Waals surface area contributed by atoms with Crippen molar-refractivity contribution >= 4 is 33.2 Å². The summed E-state index contributed by atoms with van der Waals surface area (Å²) >= 11 is 5.95. The number of sulfonamides is 1. The normalized spacial score (nSPS) is 18.1. The zero-order chi connectivity index (χ0) is 22.4. The number of aliphatic hydroxyl groups is 1. The van der Waals surface area contributed by atoms with E-state index in [4.69, 9.17) is 11.6 Å². The minimum Gasteiger partial charge on any atom is -0.387 e. The molecule has 2 unspecified atom stereocenters. The van der Waals surface area contributed by atoms with E-state index < -0.39 is 22.2 Å². The van der Waals surface area contributed by atoms with Crippen LogP contribution in [0, 0.1) is 0 Å². The van der Waals surface area contributed by atoms with Crippen molar-refractivity contribution in [2.24, 2.45) is 0 Å². The maximum absolute atomic E-state index is 12.5. The van der Waals surface area contributed by atoms with E-state index in [1.807, 2.05) is 36.4 Å². The van der Waals surface area contributed by atoms with E-state index in [-0.39, 0.29) is 5.91 Å². The van der Waals surface area contributed by atoms with Gasteiger partial charge in [-0.2, -0.15) is 4.31 Å². The first-order valence-corrected chi connectivity index (χ1v) is 12.5. The first-order chi connectivity index (χ1) is 14.7. The van der Waals surface area contributed by atoms with Gasteiger partial charge in [-0.15, -0.1) is 0 Å². The number of rotatable bonds is 9. The molecule has 1 saturated heterocycles. The van der Waals surface area contributed by atoms with Crippen LogP contribution in [0.4, 0.5) is 5.69 Å². The maximum atomic E-state index is 12.5. The summed E-state index contributed by atoms with van der Waals surface area (Å²) in [5.74, 6) is -0.299. The molecular weight excluding hydrogens is 438 g/mol. The number of amides is 1. The molecule has 0 aliphatic carbocycles. The highest BCUT2D eigenvalue weighted by molar-refractivity contribution is 7.88. The van der Waals surface area contributed by atoms with E-state index in [0.29, 0.717) is 43.2 Å². The van der Waals surface area contributed by atoms with E-state index in [1.54, 1.807) is 12.1 Å². The smallest absolute Gasteiger partial charge is 0.242 e. The molecule has 168 valence electrons. The van der Waals surface area contributed by atoms with Gasteiger partial charge in [-0.3, -0.25) is 4.79 Å². The zero-order valence-electron chi connectivity index (χ0n) is 17.4. The highest BCUT2D eigenvalue weighted by atomic mass is 35.5. The van der Waals surface area contributed by atoms with Crippen molar-refractivity contribution in [1.29, 1.82) is 0 Å². The fraction of sp³-hybridized carbons (Fsp3) is 0.409. The van der Waals surface area contributed by atoms with Crippen LogP contribution in [0.1, 0.15) is 30.1 Å². The third-order valence-corrected chi connectivity index (χ3v) is 6.84. The first-order valence-electron chi connectivity index (χ1n) is 10.2. The van der Waals surface area contributed by atoms with Gasteiger partial charge < -0.3 is 15.7 Å². The topological polar surface area (TPSA) is 98.7 Å². The van der Waals surface area contributed by atoms with Gasteiger partial charge in [0.15, 0.2) is 0 Å². The Hall–Kier alpha value is -1.97. The monoisotopic (exact) mass is 465 g/mol. The van der Waals surface area contributed by atoms with E-state index in [9.17, 15) is 18.3 Å². The standard InChI is InChI=1S/C22H28ClN3O4S/c1-31(29,30)26-13-3-6-20(26)22(28)25-19-9-7-16(8-10-19)11-12-24-15-21(27)17-4-2-5-18(23)14-17/h2,4-5,7-10,14,20-21,24,27H,3,6,11-13,15H2,1H3,(H,25,28). The quantitative estimate of drug-likeness (QED) is 0.494. The van der Waals surface area contributed by atoms with E-state index in [1.165, 1.54) is 4.31 Å². The Morgan fingerprint density at radius 1 is 1.26 bits per heavy atom. The van der Waals surface area contributed by atoms with Gasteiger partial charge in [-0.1, -0.05) is 35.9 Å². The molecule has 31 heavy (non-hydrogen) atoms. The minimum absolute atomic E-state index is 0.299. The molecule has 1 aliphatic rings. The van der Waals surface area contributed by atoms with Gasteiger partial charge in [0, 0.05) is 23.8 Å². The summed E-state index contributed by atoms with van der Waals surface area (Å²) in [4.78, 5) is 12.5. The number of carbonyl (C=O) groups is 1. The van der Waals surface area contributed by atoms with Crippen molar-refractivity contribution in [1.82, 2.24) is 9.62 Å². The number of carbonyl (C=O) groups excluding carboxylic acids is 1. The van der Waals surface area contributed by atoms with Crippen LogP contribution in [0.15, 0.2) is 48.5 Å². The van der Waals surface area contributed by atoms with Gasteiger partial charge >= 0.3 is 0 Å². The molecule has 2 atom stereocenters. The van der Waals surface area contributed by atoms with Crippen molar-refractivity contribution < 1.29 is 18.3 Å². The highest BCUT2D eigenvalue weighted by Gasteiger charge is 2.36. The van der Waals surface area contributed by atoms with Gasteiger partial charge in [0.1, 0.15) is 6.04 Å². The second-order valence-corrected chi connectivity index (χ2v) is 10.1. The maximum Gasteiger partial charge on any atom is 0.242 e. The molecule has 0 aromatic heterocycles. The molecule has 1 amide bonds. The van der Waals surface area contributed by atoms with Crippen LogP contribution < -0.4 is 10.6 Å². The minimum atomic E-state index is -3.39. The Bertz CT molecular complexity index is 998. The summed E-state index contributed by atoms with van der Waals surface area (Å²) in [7, 11) is -3.39. The molecule has 7 nitrogen and oxygen atoms in total. The summed E-state index contributed by atoms with van der Waals surface area (Å²) in [5, 5.41) is 16.9. The molecule has 0 saturated carbocycles. The molecule has 3 rings (SSSR count). The van der Waals surface area contributed by atoms with Gasteiger partial charge in [-0.05, 0) is 61.2 Å². The summed E-state index contributed by atoms with van der Waals surface area (Å²) in [6.45, 7) is 1.50. The molecule has 9 heteroatoms. The van der Waals surface area contributed by atoms with Crippen LogP contribution in [0.25, 0.3) is 0 Å². The molecule has 0 bridgehead atoms. The molecule has 3 N–H and O–H groups in total. The number of benzene rings is 2. The predicted octanol–water partition coefficient (Wildman–Crippen LogP) is 2.57. The predicted molar refractivity (Wildman–Crippen MR) is 123 cm³/mol. The van der Waals surface area contributed by atoms with Gasteiger partial charge in [0.25, 0.3) is 0 Å². The molecular formula is C22H28ClN3O4S. The number of aliphatic hydroxyl groups excluding tert-OH is 1. The summed E-state index contributed by atoms with van der Waals surface area (Å²) in [6, 6.07) is 14.0. The van der Waals surface area contributed by atoms with E-state index in [0.717, 1.165) is 23.8 Å². The molecule has 1 aliphatic heterocycles. The van der Waals surface area contributed by atoms with Crippen LogP contribution in [-0.4, -0.2) is 55.7 Å². The van der Waals surface area contributed by atoms with Crippen LogP contribution in [0.3, 0.4) is 0 Å². The van der Waals surface area contributed by atoms with Crippen LogP contribution in [-0.2, 0) is 21.2 Å². The third-order valence-electron chi connectivity index (χ3n) is 5.32. The molecule has 0 spiro atoms. The lowest BCUT2D eigenvalue weighted by atomic mass is 10.1. The average Bonchev–Trinajstić information content (AvgIpc) is 3.23. The lowest BCUT2D eigenvalue weighted by Gasteiger charge is -2.21. The number of nitrogens with zero attached hydrogens (tertiary/aromatic N) is 1. The third kappa shape index (κ3) is 6.75. The van der Waals surface area contributed by atoms with Crippen molar-refractivity contribution in [3.63, 3.8) is 0 Å². The van der Waals surface area contributed by atoms with Gasteiger partial charge in [0.05, 0.1) is 12.4 Å². The number of anilines is 1. The van der Waals surface area contributed by atoms with Crippen molar-refractivity contribution in [2.45, 2.75) is 31.4 Å². The number of hydrogen-bond acceptors (Lipinski definition) is 5. The summed E-state index contributed by atoms with van der Waals surface area (Å²) < 4.78 is 24.9. The molecule has 2 aromatic carbocycles. The highest BCUT2D eigenvalue weighted by Crippen LogP contribution is 2.22. The second kappa shape index (κ2) is 10.6. The average molecular weight is 466 g/mol. The SMILES string of the molecule is CS(=O)(=O)N1CCCC1C(=O)Nc1ccc(CCNCC(O)c2cccc(Cl)c2)cc1. The fourth-order valence-electron chi connectivity index (χ4n) is 3.68. The lowest BCUT2D eigenvalue weighted by Crippen LogP contribution is -2.42. The molecule has 0 radical (unpaired) electrons. The Kier molecular flexibility index (Phi) is 8.07. The Labute approximate surface area is 188 Å². The zero-order valence-corrected chi connectivity index (χ0v) is 19.0. The lowest BCUT2D eigenvalue weighted by molar-refractivity contribution is -0.119. The molecule has 1 heterocycles. The number of nitrogens with one attached hydrogen (secondary N) is 2. The second-order valence-electron chi connectivity index (χ2n) is 7.74. The summed E-state index contributed by atoms with van der Waals surface area (Å²) in [5.41, 5.74) is 2.50. The first kappa shape index (κ1) is 23.7. The Morgan fingerprint density at radius 2 is 2.00 bits per heavy atom. The van der Waals surface area contributed by atoms with Crippen LogP contribution >= 0.6 is 11.6 Å². The number of halogens is 1. The van der Waals surface area contributed by atoms with E-state index in [2.05, 4.69) is 10.6 Å².